The fourth-order valence-corrected chi connectivity index (χ4v) is 2.54. The van der Waals surface area contributed by atoms with Gasteiger partial charge in [-0.1, -0.05) is 12.8 Å². The van der Waals surface area contributed by atoms with Crippen molar-refractivity contribution in [3.05, 3.63) is 18.5 Å². The van der Waals surface area contributed by atoms with Crippen molar-refractivity contribution in [2.75, 3.05) is 19.8 Å². The van der Waals surface area contributed by atoms with E-state index in [4.69, 9.17) is 15.3 Å². The van der Waals surface area contributed by atoms with E-state index in [2.05, 4.69) is 20.7 Å². The molecule has 0 radical (unpaired) electrons. The Balaban J connectivity index is 0.000000164. The highest BCUT2D eigenvalue weighted by Crippen LogP contribution is 2.29. The van der Waals surface area contributed by atoms with Crippen molar-refractivity contribution >= 4 is 0 Å². The lowest BCUT2D eigenvalue weighted by Crippen LogP contribution is -2.29. The molecule has 1 aromatic rings. The topological polar surface area (TPSA) is 111 Å². The molecular formula is C14H26N4O3. The molecule has 7 nitrogen and oxygen atoms in total. The van der Waals surface area contributed by atoms with Gasteiger partial charge in [-0.05, 0) is 43.0 Å². The average Bonchev–Trinajstić information content (AvgIpc) is 3.05. The molecule has 1 aliphatic heterocycles. The first-order chi connectivity index (χ1) is 10.3. The predicted molar refractivity (Wildman–Crippen MR) is 78.4 cm³/mol. The monoisotopic (exact) mass is 298 g/mol. The van der Waals surface area contributed by atoms with Crippen molar-refractivity contribution < 1.29 is 15.3 Å². The summed E-state index contributed by atoms with van der Waals surface area (Å²) in [5.74, 6) is 1.05. The van der Waals surface area contributed by atoms with Crippen molar-refractivity contribution in [3.8, 4) is 0 Å². The van der Waals surface area contributed by atoms with Gasteiger partial charge in [0.15, 0.2) is 0 Å². The van der Waals surface area contributed by atoms with Crippen LogP contribution in [-0.2, 0) is 0 Å². The van der Waals surface area contributed by atoms with Crippen LogP contribution in [0.15, 0.2) is 18.5 Å². The van der Waals surface area contributed by atoms with Gasteiger partial charge >= 0.3 is 0 Å². The van der Waals surface area contributed by atoms with Crippen LogP contribution in [0.5, 0.6) is 0 Å². The standard InChI is InChI=1S/C8H15N.C3H3N3.C3H8O3/c1-2-4-8-7(3-1)5-6-9-8;1-2-4-6-5-3-1;4-1-3(6)2-5/h7-9H,1-6H2;1-3H;3-6H,1-2H2. The van der Waals surface area contributed by atoms with E-state index >= 15 is 0 Å². The Morgan fingerprint density at radius 1 is 1.05 bits per heavy atom. The van der Waals surface area contributed by atoms with E-state index in [1.807, 2.05) is 0 Å². The summed E-state index contributed by atoms with van der Waals surface area (Å²) >= 11 is 0. The quantitative estimate of drug-likeness (QED) is 0.595. The Kier molecular flexibility index (Phi) is 9.81. The maximum Gasteiger partial charge on any atom is 0.100 e. The summed E-state index contributed by atoms with van der Waals surface area (Å²) in [5.41, 5.74) is 0. The van der Waals surface area contributed by atoms with Crippen molar-refractivity contribution in [1.29, 1.82) is 0 Å². The van der Waals surface area contributed by atoms with Crippen LogP contribution in [0.2, 0.25) is 0 Å². The molecule has 21 heavy (non-hydrogen) atoms. The molecule has 0 amide bonds. The number of rotatable bonds is 2. The second kappa shape index (κ2) is 11.5. The first-order valence-corrected chi connectivity index (χ1v) is 7.49. The summed E-state index contributed by atoms with van der Waals surface area (Å²) < 4.78 is 0. The van der Waals surface area contributed by atoms with Crippen LogP contribution in [0, 0.1) is 5.92 Å². The fourth-order valence-electron chi connectivity index (χ4n) is 2.54. The van der Waals surface area contributed by atoms with Crippen LogP contribution in [-0.4, -0.2) is 62.6 Å². The molecule has 2 unspecified atom stereocenters. The van der Waals surface area contributed by atoms with Crippen molar-refractivity contribution in [1.82, 2.24) is 20.7 Å². The Morgan fingerprint density at radius 2 is 1.71 bits per heavy atom. The minimum Gasteiger partial charge on any atom is -0.394 e. The molecule has 2 atom stereocenters. The van der Waals surface area contributed by atoms with Gasteiger partial charge in [-0.3, -0.25) is 0 Å². The Morgan fingerprint density at radius 3 is 2.14 bits per heavy atom. The lowest BCUT2D eigenvalue weighted by atomic mass is 9.86. The molecule has 7 heteroatoms. The van der Waals surface area contributed by atoms with Gasteiger partial charge in [-0.15, -0.1) is 10.2 Å². The van der Waals surface area contributed by atoms with E-state index in [0.717, 1.165) is 12.0 Å². The Bertz CT molecular complexity index is 300. The van der Waals surface area contributed by atoms with Gasteiger partial charge in [0.2, 0.25) is 0 Å². The number of hydrogen-bond donors (Lipinski definition) is 4. The molecule has 0 bridgehead atoms. The molecule has 2 heterocycles. The fraction of sp³-hybridized carbons (Fsp3) is 0.786. The van der Waals surface area contributed by atoms with Gasteiger partial charge in [0.1, 0.15) is 6.10 Å². The van der Waals surface area contributed by atoms with E-state index in [1.165, 1.54) is 38.6 Å². The first-order valence-electron chi connectivity index (χ1n) is 7.49. The third-order valence-electron chi connectivity index (χ3n) is 3.66. The zero-order chi connectivity index (χ0) is 15.3. The highest BCUT2D eigenvalue weighted by Gasteiger charge is 2.28. The Hall–Kier alpha value is -1.15. The third-order valence-corrected chi connectivity index (χ3v) is 3.66. The Labute approximate surface area is 125 Å². The molecule has 1 aromatic heterocycles. The molecule has 1 aliphatic carbocycles. The summed E-state index contributed by atoms with van der Waals surface area (Å²) in [5, 5.41) is 37.7. The molecule has 0 spiro atoms. The maximum atomic E-state index is 8.17. The molecule has 120 valence electrons. The minimum atomic E-state index is -0.954. The second-order valence-electron chi connectivity index (χ2n) is 5.22. The summed E-state index contributed by atoms with van der Waals surface area (Å²) in [6.45, 7) is 0.558. The van der Waals surface area contributed by atoms with E-state index in [0.29, 0.717) is 0 Å². The van der Waals surface area contributed by atoms with Crippen LogP contribution in [0.1, 0.15) is 32.1 Å². The summed E-state index contributed by atoms with van der Waals surface area (Å²) in [6, 6.07) is 2.63. The highest BCUT2D eigenvalue weighted by molar-refractivity contribution is 4.86. The van der Waals surface area contributed by atoms with Crippen molar-refractivity contribution in [3.63, 3.8) is 0 Å². The van der Waals surface area contributed by atoms with Gasteiger partial charge in [0.25, 0.3) is 0 Å². The van der Waals surface area contributed by atoms with Gasteiger partial charge in [0, 0.05) is 6.04 Å². The summed E-state index contributed by atoms with van der Waals surface area (Å²) in [7, 11) is 0. The van der Waals surface area contributed by atoms with Gasteiger partial charge < -0.3 is 20.6 Å². The second-order valence-corrected chi connectivity index (χ2v) is 5.22. The smallest absolute Gasteiger partial charge is 0.100 e. The normalized spacial score (nSPS) is 23.4. The molecule has 2 fully saturated rings. The zero-order valence-corrected chi connectivity index (χ0v) is 12.3. The van der Waals surface area contributed by atoms with E-state index < -0.39 is 6.10 Å². The number of aromatic nitrogens is 3. The highest BCUT2D eigenvalue weighted by atomic mass is 16.3. The summed E-state index contributed by atoms with van der Waals surface area (Å²) in [6.07, 6.45) is 9.55. The third kappa shape index (κ3) is 8.01. The van der Waals surface area contributed by atoms with Crippen molar-refractivity contribution in [2.45, 2.75) is 44.2 Å². The van der Waals surface area contributed by atoms with Crippen LogP contribution in [0.4, 0.5) is 0 Å². The zero-order valence-electron chi connectivity index (χ0n) is 12.3. The number of nitrogens with zero attached hydrogens (tertiary/aromatic N) is 3. The minimum absolute atomic E-state index is 0.365. The predicted octanol–water partition coefficient (Wildman–Crippen LogP) is -0.258. The number of aliphatic hydroxyl groups excluding tert-OH is 3. The van der Waals surface area contributed by atoms with E-state index in [-0.39, 0.29) is 13.2 Å². The SMILES string of the molecule is C1CCC2NCCC2C1.OCC(O)CO.c1cnnnc1. The molecule has 3 rings (SSSR count). The molecule has 2 aliphatic rings. The maximum absolute atomic E-state index is 8.17. The van der Waals surface area contributed by atoms with Crippen molar-refractivity contribution in [2.24, 2.45) is 5.92 Å². The van der Waals surface area contributed by atoms with Gasteiger partial charge in [0.05, 0.1) is 25.6 Å². The number of fused-ring (bicyclic) bond motifs is 1. The van der Waals surface area contributed by atoms with Gasteiger partial charge in [-0.25, -0.2) is 0 Å². The lowest BCUT2D eigenvalue weighted by molar-refractivity contribution is 0.0450. The molecular weight excluding hydrogens is 272 g/mol. The molecule has 1 saturated heterocycles. The molecule has 0 aromatic carbocycles. The van der Waals surface area contributed by atoms with Crippen LogP contribution in [0.3, 0.4) is 0 Å². The lowest BCUT2D eigenvalue weighted by Gasteiger charge is -2.24. The first kappa shape index (κ1) is 17.9. The van der Waals surface area contributed by atoms with Crippen LogP contribution < -0.4 is 5.32 Å². The molecule has 1 saturated carbocycles. The van der Waals surface area contributed by atoms with E-state index in [9.17, 15) is 0 Å². The number of hydrogen-bond acceptors (Lipinski definition) is 7. The number of aliphatic hydroxyl groups is 3. The molecule has 4 N–H and O–H groups in total. The number of nitrogens with one attached hydrogen (secondary N) is 1. The van der Waals surface area contributed by atoms with Crippen LogP contribution >= 0.6 is 0 Å². The van der Waals surface area contributed by atoms with Gasteiger partial charge in [-0.2, -0.15) is 0 Å². The average molecular weight is 298 g/mol. The largest absolute Gasteiger partial charge is 0.394 e. The van der Waals surface area contributed by atoms with Crippen LogP contribution in [0.25, 0.3) is 0 Å². The van der Waals surface area contributed by atoms with E-state index in [1.54, 1.807) is 18.5 Å². The summed E-state index contributed by atoms with van der Waals surface area (Å²) in [4.78, 5) is 0.